The van der Waals surface area contributed by atoms with Crippen molar-refractivity contribution < 1.29 is 4.79 Å². The SMILES string of the molecule is CNC1CCCN(C(=O)c2ccc(N3CCCCCC3)nc2)C1. The fourth-order valence-electron chi connectivity index (χ4n) is 3.58. The molecule has 3 rings (SSSR count). The highest BCUT2D eigenvalue weighted by Gasteiger charge is 2.23. The second kappa shape index (κ2) is 7.77. The summed E-state index contributed by atoms with van der Waals surface area (Å²) >= 11 is 0. The Morgan fingerprint density at radius 1 is 1.13 bits per heavy atom. The number of hydrogen-bond acceptors (Lipinski definition) is 4. The van der Waals surface area contributed by atoms with Gasteiger partial charge in [0, 0.05) is 38.4 Å². The van der Waals surface area contributed by atoms with Crippen LogP contribution in [0.4, 0.5) is 5.82 Å². The lowest BCUT2D eigenvalue weighted by Gasteiger charge is -2.32. The van der Waals surface area contributed by atoms with Crippen LogP contribution in [0.2, 0.25) is 0 Å². The van der Waals surface area contributed by atoms with Crippen molar-refractivity contribution in [1.29, 1.82) is 0 Å². The molecule has 0 aliphatic carbocycles. The monoisotopic (exact) mass is 316 g/mol. The number of amides is 1. The van der Waals surface area contributed by atoms with E-state index in [-0.39, 0.29) is 5.91 Å². The number of rotatable bonds is 3. The quantitative estimate of drug-likeness (QED) is 0.929. The Kier molecular flexibility index (Phi) is 5.49. The number of carbonyl (C=O) groups excluding carboxylic acids is 1. The third kappa shape index (κ3) is 4.02. The first-order valence-corrected chi connectivity index (χ1v) is 8.95. The highest BCUT2D eigenvalue weighted by molar-refractivity contribution is 5.94. The van der Waals surface area contributed by atoms with Crippen LogP contribution in [0.1, 0.15) is 48.9 Å². The number of likely N-dealkylation sites (N-methyl/N-ethyl adjacent to an activating group) is 1. The lowest BCUT2D eigenvalue weighted by atomic mass is 10.1. The third-order valence-corrected chi connectivity index (χ3v) is 5.04. The van der Waals surface area contributed by atoms with Crippen LogP contribution >= 0.6 is 0 Å². The zero-order valence-electron chi connectivity index (χ0n) is 14.1. The van der Waals surface area contributed by atoms with Crippen LogP contribution in [0, 0.1) is 0 Å². The molecule has 2 fully saturated rings. The molecular formula is C18H28N4O. The van der Waals surface area contributed by atoms with E-state index in [0.717, 1.165) is 44.8 Å². The number of nitrogens with zero attached hydrogens (tertiary/aromatic N) is 3. The molecule has 5 nitrogen and oxygen atoms in total. The van der Waals surface area contributed by atoms with Gasteiger partial charge in [-0.2, -0.15) is 0 Å². The number of likely N-dealkylation sites (tertiary alicyclic amines) is 1. The molecule has 0 saturated carbocycles. The van der Waals surface area contributed by atoms with E-state index < -0.39 is 0 Å². The van der Waals surface area contributed by atoms with Crippen molar-refractivity contribution in [3.05, 3.63) is 23.9 Å². The van der Waals surface area contributed by atoms with Gasteiger partial charge in [-0.3, -0.25) is 4.79 Å². The van der Waals surface area contributed by atoms with E-state index in [1.807, 2.05) is 24.1 Å². The van der Waals surface area contributed by atoms with Gasteiger partial charge >= 0.3 is 0 Å². The molecule has 1 atom stereocenters. The predicted molar refractivity (Wildman–Crippen MR) is 92.9 cm³/mol. The summed E-state index contributed by atoms with van der Waals surface area (Å²) in [7, 11) is 1.97. The van der Waals surface area contributed by atoms with E-state index in [1.54, 1.807) is 6.20 Å². The number of nitrogens with one attached hydrogen (secondary N) is 1. The van der Waals surface area contributed by atoms with Crippen LogP contribution in [0.25, 0.3) is 0 Å². The summed E-state index contributed by atoms with van der Waals surface area (Å²) in [5, 5.41) is 3.28. The van der Waals surface area contributed by atoms with Crippen molar-refractivity contribution in [3.8, 4) is 0 Å². The van der Waals surface area contributed by atoms with Gasteiger partial charge in [-0.25, -0.2) is 4.98 Å². The van der Waals surface area contributed by atoms with Gasteiger partial charge in [0.15, 0.2) is 0 Å². The summed E-state index contributed by atoms with van der Waals surface area (Å²) in [4.78, 5) is 21.5. The lowest BCUT2D eigenvalue weighted by molar-refractivity contribution is 0.0698. The molecule has 1 aromatic rings. The van der Waals surface area contributed by atoms with Crippen LogP contribution in [0.5, 0.6) is 0 Å². The van der Waals surface area contributed by atoms with Crippen molar-refractivity contribution in [1.82, 2.24) is 15.2 Å². The molecule has 2 aliphatic rings. The van der Waals surface area contributed by atoms with E-state index in [0.29, 0.717) is 11.6 Å². The highest BCUT2D eigenvalue weighted by atomic mass is 16.2. The molecular weight excluding hydrogens is 288 g/mol. The number of anilines is 1. The zero-order valence-corrected chi connectivity index (χ0v) is 14.1. The van der Waals surface area contributed by atoms with Gasteiger partial charge < -0.3 is 15.1 Å². The van der Waals surface area contributed by atoms with Crippen LogP contribution in [0.3, 0.4) is 0 Å². The maximum absolute atomic E-state index is 12.6. The number of aromatic nitrogens is 1. The van der Waals surface area contributed by atoms with Gasteiger partial charge in [0.2, 0.25) is 0 Å². The summed E-state index contributed by atoms with van der Waals surface area (Å²) in [6.07, 6.45) is 9.07. The van der Waals surface area contributed by atoms with Crippen LogP contribution < -0.4 is 10.2 Å². The van der Waals surface area contributed by atoms with Gasteiger partial charge in [0.1, 0.15) is 5.82 Å². The third-order valence-electron chi connectivity index (χ3n) is 5.04. The van der Waals surface area contributed by atoms with E-state index in [2.05, 4.69) is 15.2 Å². The normalized spacial score (nSPS) is 22.7. The topological polar surface area (TPSA) is 48.5 Å². The molecule has 126 valence electrons. The van der Waals surface area contributed by atoms with Gasteiger partial charge in [0.05, 0.1) is 5.56 Å². The molecule has 1 amide bonds. The molecule has 2 aliphatic heterocycles. The average Bonchev–Trinajstić information content (AvgIpc) is 2.91. The number of piperidine rings is 1. The molecule has 23 heavy (non-hydrogen) atoms. The Bertz CT molecular complexity index is 508. The summed E-state index contributed by atoms with van der Waals surface area (Å²) in [5.74, 6) is 1.12. The molecule has 0 aromatic carbocycles. The molecule has 5 heteroatoms. The fourth-order valence-corrected chi connectivity index (χ4v) is 3.58. The predicted octanol–water partition coefficient (Wildman–Crippen LogP) is 2.29. The molecule has 0 radical (unpaired) electrons. The summed E-state index contributed by atoms with van der Waals surface area (Å²) < 4.78 is 0. The largest absolute Gasteiger partial charge is 0.357 e. The first-order chi connectivity index (χ1) is 11.3. The summed E-state index contributed by atoms with van der Waals surface area (Å²) in [6.45, 7) is 3.81. The minimum absolute atomic E-state index is 0.111. The van der Waals surface area contributed by atoms with Crippen LogP contribution in [0.15, 0.2) is 18.3 Å². The van der Waals surface area contributed by atoms with Crippen molar-refractivity contribution in [2.24, 2.45) is 0 Å². The number of carbonyl (C=O) groups is 1. The maximum atomic E-state index is 12.6. The van der Waals surface area contributed by atoms with Gasteiger partial charge in [-0.05, 0) is 44.9 Å². The second-order valence-electron chi connectivity index (χ2n) is 6.69. The maximum Gasteiger partial charge on any atom is 0.255 e. The summed E-state index contributed by atoms with van der Waals surface area (Å²) in [6, 6.07) is 4.37. The Hall–Kier alpha value is -1.62. The standard InChI is InChI=1S/C18H28N4O/c1-19-16-7-6-12-22(14-16)18(23)15-8-9-17(20-13-15)21-10-4-2-3-5-11-21/h8-9,13,16,19H,2-7,10-12,14H2,1H3. The molecule has 1 N–H and O–H groups in total. The molecule has 0 spiro atoms. The molecule has 1 unspecified atom stereocenters. The Morgan fingerprint density at radius 2 is 1.91 bits per heavy atom. The molecule has 3 heterocycles. The van der Waals surface area contributed by atoms with Crippen molar-refractivity contribution in [2.75, 3.05) is 38.1 Å². The van der Waals surface area contributed by atoms with E-state index in [9.17, 15) is 4.79 Å². The van der Waals surface area contributed by atoms with Crippen molar-refractivity contribution in [3.63, 3.8) is 0 Å². The fraction of sp³-hybridized carbons (Fsp3) is 0.667. The van der Waals surface area contributed by atoms with E-state index in [4.69, 9.17) is 0 Å². The van der Waals surface area contributed by atoms with Crippen LogP contribution in [-0.2, 0) is 0 Å². The average molecular weight is 316 g/mol. The second-order valence-corrected chi connectivity index (χ2v) is 6.69. The van der Waals surface area contributed by atoms with Gasteiger partial charge in [-0.1, -0.05) is 12.8 Å². The van der Waals surface area contributed by atoms with E-state index >= 15 is 0 Å². The van der Waals surface area contributed by atoms with Crippen molar-refractivity contribution in [2.45, 2.75) is 44.6 Å². The smallest absolute Gasteiger partial charge is 0.255 e. The lowest BCUT2D eigenvalue weighted by Crippen LogP contribution is -2.47. The minimum Gasteiger partial charge on any atom is -0.357 e. The Morgan fingerprint density at radius 3 is 2.57 bits per heavy atom. The highest BCUT2D eigenvalue weighted by Crippen LogP contribution is 2.19. The number of pyridine rings is 1. The van der Waals surface area contributed by atoms with Gasteiger partial charge in [0.25, 0.3) is 5.91 Å². The molecule has 1 aromatic heterocycles. The van der Waals surface area contributed by atoms with E-state index in [1.165, 1.54) is 25.7 Å². The Labute approximate surface area is 139 Å². The molecule has 2 saturated heterocycles. The zero-order chi connectivity index (χ0) is 16.1. The summed E-state index contributed by atoms with van der Waals surface area (Å²) in [5.41, 5.74) is 0.709. The van der Waals surface area contributed by atoms with Crippen LogP contribution in [-0.4, -0.2) is 55.1 Å². The number of hydrogen-bond donors (Lipinski definition) is 1. The van der Waals surface area contributed by atoms with Gasteiger partial charge in [-0.15, -0.1) is 0 Å². The first kappa shape index (κ1) is 16.2. The Balaban J connectivity index is 1.65. The minimum atomic E-state index is 0.111. The first-order valence-electron chi connectivity index (χ1n) is 8.95. The molecule has 0 bridgehead atoms. The van der Waals surface area contributed by atoms with Crippen molar-refractivity contribution >= 4 is 11.7 Å².